The molecule has 10 heteroatoms. The minimum atomic E-state index is -0.0558. The lowest BCUT2D eigenvalue weighted by molar-refractivity contribution is -0.118. The molecule has 38 heavy (non-hydrogen) atoms. The van der Waals surface area contributed by atoms with Gasteiger partial charge in [0.1, 0.15) is 5.82 Å². The second-order valence-electron chi connectivity index (χ2n) is 7.68. The van der Waals surface area contributed by atoms with Gasteiger partial charge in [0.05, 0.1) is 30.7 Å². The van der Waals surface area contributed by atoms with Crippen molar-refractivity contribution < 1.29 is 9.53 Å². The van der Waals surface area contributed by atoms with Gasteiger partial charge < -0.3 is 14.6 Å². The Balaban J connectivity index is 0.00000326. The molecular weight excluding hydrogens is 516 g/mol. The summed E-state index contributed by atoms with van der Waals surface area (Å²) in [7, 11) is 1.65. The predicted octanol–water partition coefficient (Wildman–Crippen LogP) is 6.71. The highest BCUT2D eigenvalue weighted by Gasteiger charge is 2.16. The number of carbonyl (C=O) groups is 1. The Morgan fingerprint density at radius 1 is 1.24 bits per heavy atom. The third-order valence-corrected chi connectivity index (χ3v) is 7.15. The number of nitriles is 1. The van der Waals surface area contributed by atoms with Crippen molar-refractivity contribution in [3.63, 3.8) is 0 Å². The minimum Gasteiger partial charge on any atom is -0.383 e. The van der Waals surface area contributed by atoms with Crippen molar-refractivity contribution in [3.8, 4) is 6.07 Å². The molecule has 0 aromatic carbocycles. The summed E-state index contributed by atoms with van der Waals surface area (Å²) in [5, 5.41) is 21.3. The summed E-state index contributed by atoms with van der Waals surface area (Å²) in [4.78, 5) is 17.8. The van der Waals surface area contributed by atoms with Crippen molar-refractivity contribution in [2.24, 2.45) is 4.99 Å². The zero-order valence-corrected chi connectivity index (χ0v) is 25.7. The van der Waals surface area contributed by atoms with Crippen molar-refractivity contribution in [3.05, 3.63) is 40.7 Å². The highest BCUT2D eigenvalue weighted by atomic mass is 32.2. The first-order valence-electron chi connectivity index (χ1n) is 13.5. The Labute approximate surface area is 238 Å². The third kappa shape index (κ3) is 14.6. The fraction of sp³-hybridized carbons (Fsp3) is 0.607. The predicted molar refractivity (Wildman–Crippen MR) is 162 cm³/mol. The largest absolute Gasteiger partial charge is 0.383 e. The van der Waals surface area contributed by atoms with Gasteiger partial charge >= 0.3 is 0 Å². The third-order valence-electron chi connectivity index (χ3n) is 5.05. The summed E-state index contributed by atoms with van der Waals surface area (Å²) in [5.74, 6) is 1.49. The van der Waals surface area contributed by atoms with Gasteiger partial charge in [-0.05, 0) is 54.2 Å². The first kappa shape index (κ1) is 35.6. The molecule has 1 aromatic heterocycles. The summed E-state index contributed by atoms with van der Waals surface area (Å²) in [6, 6.07) is 2.25. The number of nitrogens with zero attached hydrogens (tertiary/aromatic N) is 5. The maximum Gasteiger partial charge on any atom is 0.231 e. The average Bonchev–Trinajstić information content (AvgIpc) is 3.32. The van der Waals surface area contributed by atoms with E-state index in [1.54, 1.807) is 25.1 Å². The van der Waals surface area contributed by atoms with E-state index in [1.807, 2.05) is 51.5 Å². The summed E-state index contributed by atoms with van der Waals surface area (Å²) in [6.45, 7) is 15.2. The molecule has 0 bridgehead atoms. The van der Waals surface area contributed by atoms with Crippen LogP contribution in [0.1, 0.15) is 79.0 Å². The molecule has 0 saturated carbocycles. The molecular formula is C28H46N6O2S2. The number of allylic oxidation sites excluding steroid dienone is 4. The minimum absolute atomic E-state index is 0.0558. The second kappa shape index (κ2) is 23.7. The normalized spacial score (nSPS) is 13.0. The first-order valence-corrected chi connectivity index (χ1v) is 15.4. The Hall–Kier alpha value is -2.35. The number of aliphatic imine (C=N–C) groups is 1. The van der Waals surface area contributed by atoms with Gasteiger partial charge in [-0.25, -0.2) is 0 Å². The first-order chi connectivity index (χ1) is 18.6. The zero-order chi connectivity index (χ0) is 28.6. The standard InChI is InChI=1S/C24H34N6O2S2.2C2H6/c1-4-12-26-13-10-19(2)16-22-28-29-24(30(22)14-15-32-3)33-17-23(31)27-18-34-21-8-6-5-7-20(21)9-11-25;2*1-2/h10,12-13H,2,4-9,14-18H2,1,3H3,(H,27,31);2*1-2H3/b13-10-,26-12?;;. The summed E-state index contributed by atoms with van der Waals surface area (Å²) in [6.07, 6.45) is 11.6. The highest BCUT2D eigenvalue weighted by molar-refractivity contribution is 8.03. The van der Waals surface area contributed by atoms with Gasteiger partial charge in [-0.1, -0.05) is 53.0 Å². The van der Waals surface area contributed by atoms with E-state index in [2.05, 4.69) is 33.2 Å². The fourth-order valence-electron chi connectivity index (χ4n) is 3.32. The smallest absolute Gasteiger partial charge is 0.231 e. The summed E-state index contributed by atoms with van der Waals surface area (Å²) < 4.78 is 7.21. The van der Waals surface area contributed by atoms with Gasteiger partial charge in [0.15, 0.2) is 5.16 Å². The number of rotatable bonds is 15. The Morgan fingerprint density at radius 2 is 1.97 bits per heavy atom. The molecule has 0 spiro atoms. The van der Waals surface area contributed by atoms with Gasteiger partial charge in [0.2, 0.25) is 5.91 Å². The van der Waals surface area contributed by atoms with E-state index in [9.17, 15) is 4.79 Å². The van der Waals surface area contributed by atoms with Gasteiger partial charge in [-0.2, -0.15) is 5.26 Å². The molecule has 1 aliphatic rings. The van der Waals surface area contributed by atoms with E-state index >= 15 is 0 Å². The van der Waals surface area contributed by atoms with E-state index in [0.717, 1.165) is 43.5 Å². The quantitative estimate of drug-likeness (QED) is 0.110. The molecule has 0 unspecified atom stereocenters. The van der Waals surface area contributed by atoms with Crippen LogP contribution in [0.15, 0.2) is 45.1 Å². The van der Waals surface area contributed by atoms with Crippen LogP contribution >= 0.6 is 23.5 Å². The van der Waals surface area contributed by atoms with Crippen molar-refractivity contribution >= 4 is 35.6 Å². The number of ether oxygens (including phenoxy) is 1. The molecule has 1 aliphatic carbocycles. The lowest BCUT2D eigenvalue weighted by atomic mass is 9.97. The number of nitrogens with one attached hydrogen (secondary N) is 1. The molecule has 0 saturated heterocycles. The maximum absolute atomic E-state index is 12.4. The monoisotopic (exact) mass is 562 g/mol. The van der Waals surface area contributed by atoms with Crippen LogP contribution in [0.3, 0.4) is 0 Å². The highest BCUT2D eigenvalue weighted by Crippen LogP contribution is 2.33. The Bertz CT molecular complexity index is 948. The van der Waals surface area contributed by atoms with Crippen LogP contribution in [0.2, 0.25) is 0 Å². The Morgan fingerprint density at radius 3 is 2.66 bits per heavy atom. The fourth-order valence-corrected chi connectivity index (χ4v) is 5.21. The maximum atomic E-state index is 12.4. The number of thioether (sulfide) groups is 2. The summed E-state index contributed by atoms with van der Waals surface area (Å²) in [5.41, 5.74) is 2.10. The molecule has 1 aromatic rings. The van der Waals surface area contributed by atoms with Gasteiger partial charge in [-0.3, -0.25) is 9.79 Å². The van der Waals surface area contributed by atoms with E-state index in [0.29, 0.717) is 37.0 Å². The number of hydrogen-bond acceptors (Lipinski definition) is 8. The van der Waals surface area contributed by atoms with Crippen molar-refractivity contribution in [1.29, 1.82) is 5.26 Å². The van der Waals surface area contributed by atoms with Crippen LogP contribution in [0.5, 0.6) is 0 Å². The van der Waals surface area contributed by atoms with Crippen molar-refractivity contribution in [2.45, 2.75) is 91.3 Å². The molecule has 1 heterocycles. The number of methoxy groups -OCH3 is 1. The van der Waals surface area contributed by atoms with Crippen LogP contribution in [0.4, 0.5) is 0 Å². The van der Waals surface area contributed by atoms with Crippen LogP contribution in [0, 0.1) is 11.3 Å². The van der Waals surface area contributed by atoms with Crippen LogP contribution in [-0.2, 0) is 22.5 Å². The molecule has 0 fully saturated rings. The molecule has 8 nitrogen and oxygen atoms in total. The van der Waals surface area contributed by atoms with E-state index < -0.39 is 0 Å². The molecule has 2 rings (SSSR count). The van der Waals surface area contributed by atoms with E-state index in [-0.39, 0.29) is 11.7 Å². The number of aromatic nitrogens is 3. The number of amides is 1. The van der Waals surface area contributed by atoms with Gasteiger partial charge in [0.25, 0.3) is 0 Å². The van der Waals surface area contributed by atoms with Crippen LogP contribution < -0.4 is 5.32 Å². The van der Waals surface area contributed by atoms with E-state index in [4.69, 9.17) is 10.00 Å². The lowest BCUT2D eigenvalue weighted by Gasteiger charge is -2.18. The zero-order valence-electron chi connectivity index (χ0n) is 24.1. The molecule has 1 amide bonds. The van der Waals surface area contributed by atoms with Crippen LogP contribution in [0.25, 0.3) is 0 Å². The van der Waals surface area contributed by atoms with E-state index in [1.165, 1.54) is 22.2 Å². The van der Waals surface area contributed by atoms with Crippen molar-refractivity contribution in [1.82, 2.24) is 20.1 Å². The van der Waals surface area contributed by atoms with Crippen molar-refractivity contribution in [2.75, 3.05) is 25.3 Å². The van der Waals surface area contributed by atoms with Gasteiger partial charge in [0, 0.05) is 32.5 Å². The second-order valence-corrected chi connectivity index (χ2v) is 9.69. The molecule has 0 aliphatic heterocycles. The number of carbonyl (C=O) groups excluding carboxylic acids is 1. The number of hydrogen-bond donors (Lipinski definition) is 1. The van der Waals surface area contributed by atoms with Gasteiger partial charge in [-0.15, -0.1) is 22.0 Å². The lowest BCUT2D eigenvalue weighted by Crippen LogP contribution is -2.25. The topological polar surface area (TPSA) is 105 Å². The molecule has 212 valence electrons. The SMILES string of the molecule is C=C(/C=C\N=CCC)Cc1nnc(SCC(=O)NCSC2=C(CC#N)CCCC2)n1CCOC.CC.CC. The average molecular weight is 563 g/mol. The molecule has 0 atom stereocenters. The molecule has 0 radical (unpaired) electrons. The summed E-state index contributed by atoms with van der Waals surface area (Å²) >= 11 is 3.00. The molecule has 1 N–H and O–H groups in total. The van der Waals surface area contributed by atoms with Crippen LogP contribution in [-0.4, -0.2) is 52.2 Å². The Kier molecular flexibility index (Phi) is 22.3.